The molecule has 0 aliphatic rings. The van der Waals surface area contributed by atoms with Crippen LogP contribution in [0.25, 0.3) is 0 Å². The van der Waals surface area contributed by atoms with Gasteiger partial charge in [-0.2, -0.15) is 5.26 Å². The lowest BCUT2D eigenvalue weighted by Gasteiger charge is -1.85. The fourth-order valence-corrected chi connectivity index (χ4v) is 0.199. The summed E-state index contributed by atoms with van der Waals surface area (Å²) < 4.78 is 0. The van der Waals surface area contributed by atoms with Crippen molar-refractivity contribution in [2.75, 3.05) is 7.11 Å². The highest BCUT2D eigenvalue weighted by atomic mass is 16.6. The van der Waals surface area contributed by atoms with Gasteiger partial charge in [0.15, 0.2) is 0 Å². The highest BCUT2D eigenvalue weighted by Gasteiger charge is 2.06. The van der Waals surface area contributed by atoms with Gasteiger partial charge in [-0.1, -0.05) is 5.16 Å². The van der Waals surface area contributed by atoms with Crippen molar-refractivity contribution in [2.45, 2.75) is 0 Å². The average molecular weight is 128 g/mol. The zero-order chi connectivity index (χ0) is 7.28. The van der Waals surface area contributed by atoms with E-state index in [1.165, 1.54) is 13.2 Å². The molecule has 0 radical (unpaired) electrons. The van der Waals surface area contributed by atoms with Crippen LogP contribution in [0.5, 0.6) is 0 Å². The van der Waals surface area contributed by atoms with Crippen LogP contribution in [0.15, 0.2) is 5.16 Å². The Kier molecular flexibility index (Phi) is 2.84. The van der Waals surface area contributed by atoms with Gasteiger partial charge in [-0.25, -0.2) is 4.79 Å². The molecular weight excluding hydrogens is 124 g/mol. The first-order valence-corrected chi connectivity index (χ1v) is 1.97. The minimum absolute atomic E-state index is 0.655. The van der Waals surface area contributed by atoms with Crippen molar-refractivity contribution in [1.29, 1.82) is 5.26 Å². The van der Waals surface area contributed by atoms with Gasteiger partial charge in [0.05, 0.1) is 0 Å². The van der Waals surface area contributed by atoms with Crippen molar-refractivity contribution in [1.82, 2.24) is 0 Å². The van der Waals surface area contributed by atoms with Gasteiger partial charge in [0, 0.05) is 0 Å². The van der Waals surface area contributed by atoms with E-state index in [0.717, 1.165) is 0 Å². The Hall–Kier alpha value is -1.57. The fourth-order valence-electron chi connectivity index (χ4n) is 0.199. The minimum Gasteiger partial charge on any atom is -0.476 e. The van der Waals surface area contributed by atoms with Crippen molar-refractivity contribution in [3.8, 4) is 6.07 Å². The molecule has 5 nitrogen and oxygen atoms in total. The molecule has 0 saturated carbocycles. The number of carbonyl (C=O) groups is 1. The van der Waals surface area contributed by atoms with E-state index in [1.54, 1.807) is 0 Å². The lowest BCUT2D eigenvalue weighted by Crippen LogP contribution is -2.10. The predicted molar refractivity (Wildman–Crippen MR) is 27.7 cm³/mol. The second kappa shape index (κ2) is 3.43. The van der Waals surface area contributed by atoms with Crippen LogP contribution in [0.1, 0.15) is 0 Å². The Bertz CT molecular complexity index is 179. The molecule has 0 saturated heterocycles. The van der Waals surface area contributed by atoms with Crippen LogP contribution in [-0.4, -0.2) is 23.9 Å². The van der Waals surface area contributed by atoms with Crippen molar-refractivity contribution >= 4 is 11.7 Å². The summed E-state index contributed by atoms with van der Waals surface area (Å²) in [5, 5.41) is 19.0. The molecule has 0 aliphatic heterocycles. The summed E-state index contributed by atoms with van der Waals surface area (Å²) >= 11 is 0. The third-order valence-corrected chi connectivity index (χ3v) is 0.491. The van der Waals surface area contributed by atoms with Crippen molar-refractivity contribution in [3.63, 3.8) is 0 Å². The van der Waals surface area contributed by atoms with E-state index in [-0.39, 0.29) is 0 Å². The van der Waals surface area contributed by atoms with Gasteiger partial charge >= 0.3 is 5.97 Å². The lowest BCUT2D eigenvalue weighted by atomic mass is 10.4. The van der Waals surface area contributed by atoms with Gasteiger partial charge < -0.3 is 9.94 Å². The first-order chi connectivity index (χ1) is 4.22. The van der Waals surface area contributed by atoms with E-state index < -0.39 is 11.7 Å². The quantitative estimate of drug-likeness (QED) is 0.405. The largest absolute Gasteiger partial charge is 0.476 e. The molecule has 0 unspecified atom stereocenters. The van der Waals surface area contributed by atoms with Gasteiger partial charge in [-0.05, 0) is 0 Å². The summed E-state index contributed by atoms with van der Waals surface area (Å²) in [6.45, 7) is 0. The number of nitrogens with zero attached hydrogens (tertiary/aromatic N) is 2. The molecule has 0 fully saturated rings. The first-order valence-electron chi connectivity index (χ1n) is 1.97. The van der Waals surface area contributed by atoms with Crippen LogP contribution in [-0.2, 0) is 9.63 Å². The molecule has 1 N–H and O–H groups in total. The number of carboxylic acids is 1. The molecule has 0 aliphatic carbocycles. The topological polar surface area (TPSA) is 82.7 Å². The summed E-state index contributed by atoms with van der Waals surface area (Å²) in [5.41, 5.74) is -0.655. The standard InChI is InChI=1S/C4H4N2O3/c1-9-6-3(2-5)4(7)8/h1H3,(H,7,8)/b6-3+. The Labute approximate surface area is 51.1 Å². The summed E-state index contributed by atoms with van der Waals surface area (Å²) in [6.07, 6.45) is 0. The number of aliphatic carboxylic acids is 1. The third kappa shape index (κ3) is 2.29. The molecule has 0 aromatic rings. The van der Waals surface area contributed by atoms with E-state index in [4.69, 9.17) is 10.4 Å². The molecule has 0 aromatic heterocycles. The molecule has 0 heterocycles. The summed E-state index contributed by atoms with van der Waals surface area (Å²) in [5.74, 6) is -1.39. The zero-order valence-electron chi connectivity index (χ0n) is 4.66. The van der Waals surface area contributed by atoms with E-state index in [0.29, 0.717) is 0 Å². The fraction of sp³-hybridized carbons (Fsp3) is 0.250. The highest BCUT2D eigenvalue weighted by molar-refractivity contribution is 6.42. The van der Waals surface area contributed by atoms with E-state index in [9.17, 15) is 4.79 Å². The van der Waals surface area contributed by atoms with Gasteiger partial charge in [0.2, 0.25) is 0 Å². The van der Waals surface area contributed by atoms with E-state index in [1.807, 2.05) is 0 Å². The molecule has 0 bridgehead atoms. The molecule has 0 atom stereocenters. The molecule has 5 heteroatoms. The highest BCUT2D eigenvalue weighted by Crippen LogP contribution is 1.76. The summed E-state index contributed by atoms with van der Waals surface area (Å²) in [4.78, 5) is 13.9. The smallest absolute Gasteiger partial charge is 0.369 e. The van der Waals surface area contributed by atoms with Gasteiger partial charge in [-0.3, -0.25) is 0 Å². The molecule has 48 valence electrons. The second-order valence-corrected chi connectivity index (χ2v) is 1.04. The van der Waals surface area contributed by atoms with Crippen LogP contribution in [0, 0.1) is 11.3 Å². The maximum absolute atomic E-state index is 9.89. The number of rotatable bonds is 2. The van der Waals surface area contributed by atoms with Crippen LogP contribution in [0.4, 0.5) is 0 Å². The lowest BCUT2D eigenvalue weighted by molar-refractivity contribution is -0.129. The van der Waals surface area contributed by atoms with Gasteiger partial charge in [-0.15, -0.1) is 0 Å². The van der Waals surface area contributed by atoms with Crippen LogP contribution >= 0.6 is 0 Å². The van der Waals surface area contributed by atoms with Crippen LogP contribution in [0.2, 0.25) is 0 Å². The number of hydrogen-bond acceptors (Lipinski definition) is 4. The Balaban J connectivity index is 4.20. The number of oxime groups is 1. The second-order valence-electron chi connectivity index (χ2n) is 1.04. The van der Waals surface area contributed by atoms with Gasteiger partial charge in [0.25, 0.3) is 5.71 Å². The van der Waals surface area contributed by atoms with Crippen molar-refractivity contribution in [2.24, 2.45) is 5.16 Å². The number of nitriles is 1. The molecule has 9 heavy (non-hydrogen) atoms. The molecule has 0 amide bonds. The van der Waals surface area contributed by atoms with Crippen molar-refractivity contribution in [3.05, 3.63) is 0 Å². The molecule has 0 spiro atoms. The molecular formula is C4H4N2O3. The van der Waals surface area contributed by atoms with E-state index in [2.05, 4.69) is 9.99 Å². The maximum Gasteiger partial charge on any atom is 0.369 e. The minimum atomic E-state index is -1.39. The average Bonchev–Trinajstić information content (AvgIpc) is 1.82. The number of hydrogen-bond donors (Lipinski definition) is 1. The zero-order valence-corrected chi connectivity index (χ0v) is 4.66. The Morgan fingerprint density at radius 2 is 2.44 bits per heavy atom. The van der Waals surface area contributed by atoms with Crippen LogP contribution < -0.4 is 0 Å². The Morgan fingerprint density at radius 1 is 1.89 bits per heavy atom. The molecule has 0 rings (SSSR count). The normalized spacial score (nSPS) is 10.0. The first kappa shape index (κ1) is 7.43. The SMILES string of the molecule is CO/N=C(\C#N)C(=O)O. The Morgan fingerprint density at radius 3 is 2.56 bits per heavy atom. The molecule has 0 aromatic carbocycles. The summed E-state index contributed by atoms with van der Waals surface area (Å²) in [7, 11) is 1.17. The predicted octanol–water partition coefficient (Wildman–Crippen LogP) is -0.403. The maximum atomic E-state index is 9.89. The number of carboxylic acid groups (broad SMARTS) is 1. The third-order valence-electron chi connectivity index (χ3n) is 0.491. The van der Waals surface area contributed by atoms with Crippen molar-refractivity contribution < 1.29 is 14.7 Å². The monoisotopic (exact) mass is 128 g/mol. The van der Waals surface area contributed by atoms with Crippen LogP contribution in [0.3, 0.4) is 0 Å². The summed E-state index contributed by atoms with van der Waals surface area (Å²) in [6, 6.07) is 1.33. The van der Waals surface area contributed by atoms with E-state index >= 15 is 0 Å². The van der Waals surface area contributed by atoms with Gasteiger partial charge in [0.1, 0.15) is 13.2 Å².